The van der Waals surface area contributed by atoms with Gasteiger partial charge in [0.1, 0.15) is 12.6 Å². The number of anilines is 1. The Hall–Kier alpha value is -2.42. The lowest BCUT2D eigenvalue weighted by molar-refractivity contribution is 0.453. The minimum absolute atomic E-state index is 0.129. The molecule has 2 N–H and O–H groups in total. The molecule has 0 amide bonds. The fourth-order valence-electron chi connectivity index (χ4n) is 1.36. The third-order valence-corrected chi connectivity index (χ3v) is 2.86. The molecule has 0 atom stereocenters. The quantitative estimate of drug-likeness (QED) is 0.756. The third kappa shape index (κ3) is 2.55. The van der Waals surface area contributed by atoms with Crippen molar-refractivity contribution in [3.63, 3.8) is 0 Å². The number of aryl methyl sites for hydroxylation is 1. The number of aromatic nitrogens is 6. The smallest absolute Gasteiger partial charge is 0.263 e. The normalized spacial score (nSPS) is 10.8. The molecular weight excluding hydrogens is 266 g/mol. The first-order chi connectivity index (χ1) is 9.20. The molecule has 0 unspecified atom stereocenters. The average Bonchev–Trinajstić information content (AvgIpc) is 3.00. The predicted octanol–water partition coefficient (Wildman–Crippen LogP) is 1.09. The predicted molar refractivity (Wildman–Crippen MR) is 66.7 cm³/mol. The third-order valence-electron chi connectivity index (χ3n) is 2.13. The van der Waals surface area contributed by atoms with Crippen molar-refractivity contribution in [2.24, 2.45) is 0 Å². The number of hydrogen-bond donors (Lipinski definition) is 1. The van der Waals surface area contributed by atoms with Crippen molar-refractivity contribution >= 4 is 17.7 Å². The second-order valence-corrected chi connectivity index (χ2v) is 4.52. The summed E-state index contributed by atoms with van der Waals surface area (Å²) >= 11 is 1.18. The number of nitrogens with two attached hydrogens (primary N) is 1. The largest absolute Gasteiger partial charge is 0.439 e. The van der Waals surface area contributed by atoms with Crippen LogP contribution in [0.4, 0.5) is 5.95 Å². The van der Waals surface area contributed by atoms with E-state index in [0.29, 0.717) is 16.3 Å². The summed E-state index contributed by atoms with van der Waals surface area (Å²) in [6.45, 7) is 1.84. The summed E-state index contributed by atoms with van der Waals surface area (Å²) in [5.74, 6) is 0.528. The molecule has 3 aromatic rings. The van der Waals surface area contributed by atoms with Crippen LogP contribution in [-0.4, -0.2) is 29.5 Å². The van der Waals surface area contributed by atoms with Gasteiger partial charge in [0.2, 0.25) is 17.1 Å². The molecule has 0 saturated heterocycles. The van der Waals surface area contributed by atoms with Gasteiger partial charge in [0, 0.05) is 24.2 Å². The Labute approximate surface area is 112 Å². The fourth-order valence-corrected chi connectivity index (χ4v) is 2.07. The summed E-state index contributed by atoms with van der Waals surface area (Å²) in [5, 5.41) is 0.873. The van der Waals surface area contributed by atoms with Crippen molar-refractivity contribution in [1.82, 2.24) is 29.5 Å². The number of nitrogen functional groups attached to an aromatic ring is 1. The minimum Gasteiger partial charge on any atom is -0.439 e. The van der Waals surface area contributed by atoms with E-state index in [-0.39, 0.29) is 5.95 Å². The molecule has 0 bridgehead atoms. The average molecular weight is 275 g/mol. The van der Waals surface area contributed by atoms with Crippen LogP contribution < -0.4 is 5.73 Å². The van der Waals surface area contributed by atoms with Gasteiger partial charge in [0.05, 0.1) is 5.69 Å². The Kier molecular flexibility index (Phi) is 2.88. The maximum Gasteiger partial charge on any atom is 0.263 e. The van der Waals surface area contributed by atoms with Gasteiger partial charge in [-0.15, -0.1) is 0 Å². The maximum absolute atomic E-state index is 5.66. The van der Waals surface area contributed by atoms with Crippen LogP contribution in [0.1, 0.15) is 5.69 Å². The summed E-state index contributed by atoms with van der Waals surface area (Å²) < 4.78 is 6.87. The summed E-state index contributed by atoms with van der Waals surface area (Å²) in [4.78, 5) is 20.4. The van der Waals surface area contributed by atoms with Gasteiger partial charge in [-0.25, -0.2) is 9.97 Å². The number of rotatable bonds is 3. The summed E-state index contributed by atoms with van der Waals surface area (Å²) in [6.07, 6.45) is 6.49. The number of nitrogens with zero attached hydrogens (tertiary/aromatic N) is 6. The molecule has 0 radical (unpaired) electrons. The van der Waals surface area contributed by atoms with Crippen molar-refractivity contribution < 1.29 is 4.42 Å². The Bertz CT molecular complexity index is 694. The standard InChI is InChI=1S/C10H9N7OS/c1-6-4-18-10(13-6)19-9-15-7(11)14-8(16-9)17-3-2-12-5-17/h2-5H,1H3,(H2,11,14,15,16). The van der Waals surface area contributed by atoms with Gasteiger partial charge >= 0.3 is 0 Å². The van der Waals surface area contributed by atoms with Gasteiger partial charge in [0.15, 0.2) is 0 Å². The number of imidazole rings is 1. The molecule has 0 aliphatic heterocycles. The molecule has 3 aromatic heterocycles. The Morgan fingerprint density at radius 3 is 2.84 bits per heavy atom. The lowest BCUT2D eigenvalue weighted by Gasteiger charge is -2.02. The summed E-state index contributed by atoms with van der Waals surface area (Å²) in [5.41, 5.74) is 6.46. The monoisotopic (exact) mass is 275 g/mol. The molecule has 3 rings (SSSR count). The molecule has 96 valence electrons. The lowest BCUT2D eigenvalue weighted by Crippen LogP contribution is -2.05. The first-order valence-electron chi connectivity index (χ1n) is 5.30. The zero-order valence-corrected chi connectivity index (χ0v) is 10.7. The van der Waals surface area contributed by atoms with Crippen LogP contribution in [0.5, 0.6) is 0 Å². The highest BCUT2D eigenvalue weighted by Crippen LogP contribution is 2.24. The van der Waals surface area contributed by atoms with E-state index < -0.39 is 0 Å². The summed E-state index contributed by atoms with van der Waals surface area (Å²) in [6, 6.07) is 0. The van der Waals surface area contributed by atoms with Gasteiger partial charge in [-0.1, -0.05) is 0 Å². The maximum atomic E-state index is 5.66. The zero-order valence-electron chi connectivity index (χ0n) is 9.89. The van der Waals surface area contributed by atoms with Crippen molar-refractivity contribution in [1.29, 1.82) is 0 Å². The van der Waals surface area contributed by atoms with Crippen molar-refractivity contribution in [3.05, 3.63) is 30.7 Å². The molecular formula is C10H9N7OS. The fraction of sp³-hybridized carbons (Fsp3) is 0.100. The minimum atomic E-state index is 0.129. The van der Waals surface area contributed by atoms with Gasteiger partial charge < -0.3 is 10.2 Å². The van der Waals surface area contributed by atoms with Crippen LogP contribution in [0.15, 0.2) is 39.8 Å². The Balaban J connectivity index is 1.94. The summed E-state index contributed by atoms with van der Waals surface area (Å²) in [7, 11) is 0. The Morgan fingerprint density at radius 2 is 2.16 bits per heavy atom. The Morgan fingerprint density at radius 1 is 1.26 bits per heavy atom. The van der Waals surface area contributed by atoms with Crippen LogP contribution in [0.2, 0.25) is 0 Å². The molecule has 3 heterocycles. The van der Waals surface area contributed by atoms with Crippen LogP contribution >= 0.6 is 11.8 Å². The second-order valence-electron chi connectivity index (χ2n) is 3.60. The van der Waals surface area contributed by atoms with E-state index in [1.54, 1.807) is 29.6 Å². The second kappa shape index (κ2) is 4.69. The zero-order chi connectivity index (χ0) is 13.2. The van der Waals surface area contributed by atoms with E-state index in [1.807, 2.05) is 6.92 Å². The molecule has 9 heteroatoms. The molecule has 8 nitrogen and oxygen atoms in total. The van der Waals surface area contributed by atoms with E-state index in [9.17, 15) is 0 Å². The van der Waals surface area contributed by atoms with Gasteiger partial charge in [-0.05, 0) is 6.92 Å². The first-order valence-corrected chi connectivity index (χ1v) is 6.12. The van der Waals surface area contributed by atoms with E-state index in [1.165, 1.54) is 11.8 Å². The van der Waals surface area contributed by atoms with E-state index in [4.69, 9.17) is 10.2 Å². The highest BCUT2D eigenvalue weighted by atomic mass is 32.2. The molecule has 0 aromatic carbocycles. The van der Waals surface area contributed by atoms with E-state index >= 15 is 0 Å². The topological polar surface area (TPSA) is 109 Å². The first kappa shape index (κ1) is 11.7. The molecule has 0 aliphatic rings. The van der Waals surface area contributed by atoms with Crippen molar-refractivity contribution in [3.8, 4) is 5.95 Å². The molecule has 0 fully saturated rings. The van der Waals surface area contributed by atoms with Crippen LogP contribution in [0.25, 0.3) is 5.95 Å². The highest BCUT2D eigenvalue weighted by Gasteiger charge is 2.10. The number of hydrogen-bond acceptors (Lipinski definition) is 8. The SMILES string of the molecule is Cc1coc(Sc2nc(N)nc(-n3ccnc3)n2)n1. The van der Waals surface area contributed by atoms with E-state index in [2.05, 4.69) is 24.9 Å². The van der Waals surface area contributed by atoms with Gasteiger partial charge in [-0.2, -0.15) is 15.0 Å². The van der Waals surface area contributed by atoms with Crippen LogP contribution in [0.3, 0.4) is 0 Å². The molecule has 0 saturated carbocycles. The molecule has 0 spiro atoms. The highest BCUT2D eigenvalue weighted by molar-refractivity contribution is 7.98. The van der Waals surface area contributed by atoms with E-state index in [0.717, 1.165) is 5.69 Å². The van der Waals surface area contributed by atoms with Crippen LogP contribution in [-0.2, 0) is 0 Å². The van der Waals surface area contributed by atoms with Gasteiger partial charge in [-0.3, -0.25) is 4.57 Å². The molecule has 19 heavy (non-hydrogen) atoms. The van der Waals surface area contributed by atoms with Crippen molar-refractivity contribution in [2.45, 2.75) is 17.3 Å². The van der Waals surface area contributed by atoms with Crippen LogP contribution in [0, 0.1) is 6.92 Å². The molecule has 0 aliphatic carbocycles. The lowest BCUT2D eigenvalue weighted by atomic mass is 10.6. The van der Waals surface area contributed by atoms with Gasteiger partial charge in [0.25, 0.3) is 5.22 Å². The van der Waals surface area contributed by atoms with Crippen molar-refractivity contribution in [2.75, 3.05) is 5.73 Å². The number of oxazole rings is 1.